The summed E-state index contributed by atoms with van der Waals surface area (Å²) in [5.74, 6) is 0.476. The lowest BCUT2D eigenvalue weighted by atomic mass is 10.2. The monoisotopic (exact) mass is 533 g/mol. The van der Waals surface area contributed by atoms with Gasteiger partial charge in [0.2, 0.25) is 16.8 Å². The van der Waals surface area contributed by atoms with Gasteiger partial charge in [-0.3, -0.25) is 9.59 Å². The number of thiazole rings is 1. The minimum absolute atomic E-state index is 0.0696. The van der Waals surface area contributed by atoms with Crippen molar-refractivity contribution in [3.8, 4) is 17.2 Å². The standard InChI is InChI=1S/C23H23N3O8S2/c1-31-14-5-7-15(8-6-14)36(29,30)26-9-3-4-16(26)22(28)24-23-25(12-21(27)32-2)17-10-18-19(34-13-33-18)11-20(17)35-23/h5-8,10-11,16H,3-4,9,12-13H2,1-2H3. The number of carbonyl (C=O) groups excluding carboxylic acids is 2. The highest BCUT2D eigenvalue weighted by Crippen LogP contribution is 2.37. The van der Waals surface area contributed by atoms with Gasteiger partial charge in [0.15, 0.2) is 16.3 Å². The third kappa shape index (κ3) is 4.33. The fraction of sp³-hybridized carbons (Fsp3) is 0.348. The Kier molecular flexibility index (Phi) is 6.45. The molecule has 0 N–H and O–H groups in total. The summed E-state index contributed by atoms with van der Waals surface area (Å²) >= 11 is 1.19. The van der Waals surface area contributed by atoms with E-state index < -0.39 is 27.9 Å². The lowest BCUT2D eigenvalue weighted by Gasteiger charge is -2.21. The molecule has 3 heterocycles. The molecule has 11 nitrogen and oxygen atoms in total. The maximum absolute atomic E-state index is 13.3. The summed E-state index contributed by atoms with van der Waals surface area (Å²) in [4.78, 5) is 30.0. The van der Waals surface area contributed by atoms with E-state index in [-0.39, 0.29) is 29.6 Å². The fourth-order valence-corrected chi connectivity index (χ4v) is 6.91. The molecule has 0 radical (unpaired) electrons. The van der Waals surface area contributed by atoms with Crippen molar-refractivity contribution >= 4 is 43.5 Å². The van der Waals surface area contributed by atoms with Crippen LogP contribution in [0, 0.1) is 0 Å². The summed E-state index contributed by atoms with van der Waals surface area (Å²) < 4.78 is 50.9. The van der Waals surface area contributed by atoms with Crippen molar-refractivity contribution in [2.75, 3.05) is 27.6 Å². The molecule has 190 valence electrons. The highest BCUT2D eigenvalue weighted by atomic mass is 32.2. The van der Waals surface area contributed by atoms with Gasteiger partial charge in [-0.25, -0.2) is 8.42 Å². The number of fused-ring (bicyclic) bond motifs is 2. The minimum atomic E-state index is -3.93. The molecule has 0 spiro atoms. The Balaban J connectivity index is 1.52. The van der Waals surface area contributed by atoms with Crippen LogP contribution < -0.4 is 19.0 Å². The Morgan fingerprint density at radius 2 is 1.86 bits per heavy atom. The first-order chi connectivity index (χ1) is 17.3. The molecule has 1 fully saturated rings. The predicted octanol–water partition coefficient (Wildman–Crippen LogP) is 1.89. The quantitative estimate of drug-likeness (QED) is 0.440. The Hall–Kier alpha value is -3.42. The molecule has 0 bridgehead atoms. The third-order valence-corrected chi connectivity index (χ3v) is 9.02. The van der Waals surface area contributed by atoms with Crippen LogP contribution in [0.2, 0.25) is 0 Å². The first-order valence-corrected chi connectivity index (χ1v) is 13.3. The van der Waals surface area contributed by atoms with Gasteiger partial charge in [-0.1, -0.05) is 11.3 Å². The number of carbonyl (C=O) groups is 2. The second-order valence-electron chi connectivity index (χ2n) is 8.12. The molecule has 2 aliphatic rings. The van der Waals surface area contributed by atoms with Gasteiger partial charge in [-0.15, -0.1) is 0 Å². The molecule has 1 aromatic heterocycles. The average Bonchev–Trinajstić information content (AvgIpc) is 3.62. The Morgan fingerprint density at radius 1 is 1.14 bits per heavy atom. The highest BCUT2D eigenvalue weighted by molar-refractivity contribution is 7.89. The predicted molar refractivity (Wildman–Crippen MR) is 128 cm³/mol. The van der Waals surface area contributed by atoms with Gasteiger partial charge in [0.1, 0.15) is 18.3 Å². The van der Waals surface area contributed by atoms with E-state index in [1.165, 1.54) is 42.0 Å². The number of hydrogen-bond acceptors (Lipinski definition) is 9. The average molecular weight is 534 g/mol. The van der Waals surface area contributed by atoms with Gasteiger partial charge < -0.3 is 23.5 Å². The number of esters is 1. The Bertz CT molecular complexity index is 1510. The summed E-state index contributed by atoms with van der Waals surface area (Å²) in [5.41, 5.74) is 0.621. The zero-order chi connectivity index (χ0) is 25.4. The van der Waals surface area contributed by atoms with Gasteiger partial charge in [0.05, 0.1) is 29.3 Å². The van der Waals surface area contributed by atoms with Crippen LogP contribution in [0.5, 0.6) is 17.2 Å². The van der Waals surface area contributed by atoms with Gasteiger partial charge in [0.25, 0.3) is 5.91 Å². The molecular weight excluding hydrogens is 510 g/mol. The molecule has 2 aliphatic heterocycles. The maximum atomic E-state index is 13.3. The molecule has 1 unspecified atom stereocenters. The number of rotatable bonds is 6. The van der Waals surface area contributed by atoms with E-state index in [1.807, 2.05) is 0 Å². The van der Waals surface area contributed by atoms with Crippen LogP contribution in [0.15, 0.2) is 46.3 Å². The largest absolute Gasteiger partial charge is 0.497 e. The number of nitrogens with zero attached hydrogens (tertiary/aromatic N) is 3. The maximum Gasteiger partial charge on any atom is 0.325 e. The minimum Gasteiger partial charge on any atom is -0.497 e. The molecule has 1 saturated heterocycles. The molecule has 3 aromatic rings. The Labute approximate surface area is 210 Å². The molecule has 5 rings (SSSR count). The van der Waals surface area contributed by atoms with Crippen molar-refractivity contribution in [3.63, 3.8) is 0 Å². The van der Waals surface area contributed by atoms with E-state index in [0.717, 1.165) is 4.70 Å². The van der Waals surface area contributed by atoms with E-state index >= 15 is 0 Å². The molecule has 1 atom stereocenters. The first-order valence-electron chi connectivity index (χ1n) is 11.1. The first kappa shape index (κ1) is 24.3. The SMILES string of the molecule is COC(=O)Cn1c(=NC(=O)C2CCCN2S(=O)(=O)c2ccc(OC)cc2)sc2cc3c(cc21)OCO3. The summed E-state index contributed by atoms with van der Waals surface area (Å²) in [5, 5.41) is 0. The van der Waals surface area contributed by atoms with E-state index in [0.29, 0.717) is 35.6 Å². The smallest absolute Gasteiger partial charge is 0.325 e. The molecule has 13 heteroatoms. The van der Waals surface area contributed by atoms with E-state index in [9.17, 15) is 18.0 Å². The molecular formula is C23H23N3O8S2. The molecule has 36 heavy (non-hydrogen) atoms. The number of hydrogen-bond donors (Lipinski definition) is 0. The Morgan fingerprint density at radius 3 is 2.56 bits per heavy atom. The van der Waals surface area contributed by atoms with Gasteiger partial charge in [0, 0.05) is 18.7 Å². The summed E-state index contributed by atoms with van der Waals surface area (Å²) in [6.07, 6.45) is 0.868. The van der Waals surface area contributed by atoms with Crippen LogP contribution in [0.4, 0.5) is 0 Å². The summed E-state index contributed by atoms with van der Waals surface area (Å²) in [6, 6.07) is 8.54. The van der Waals surface area contributed by atoms with Crippen molar-refractivity contribution in [1.29, 1.82) is 0 Å². The van der Waals surface area contributed by atoms with Crippen molar-refractivity contribution < 1.29 is 37.0 Å². The van der Waals surface area contributed by atoms with Gasteiger partial charge in [-0.2, -0.15) is 9.30 Å². The van der Waals surface area contributed by atoms with Crippen LogP contribution in [0.3, 0.4) is 0 Å². The lowest BCUT2D eigenvalue weighted by Crippen LogP contribution is -2.40. The number of benzene rings is 2. The molecule has 0 saturated carbocycles. The second-order valence-corrected chi connectivity index (χ2v) is 11.0. The number of ether oxygens (including phenoxy) is 4. The zero-order valence-electron chi connectivity index (χ0n) is 19.5. The van der Waals surface area contributed by atoms with Gasteiger partial charge in [-0.05, 0) is 37.1 Å². The van der Waals surface area contributed by atoms with Crippen LogP contribution in [-0.4, -0.2) is 62.8 Å². The number of sulfonamides is 1. The number of amides is 1. The normalized spacial score (nSPS) is 18.1. The lowest BCUT2D eigenvalue weighted by molar-refractivity contribution is -0.141. The van der Waals surface area contributed by atoms with Gasteiger partial charge >= 0.3 is 5.97 Å². The van der Waals surface area contributed by atoms with Crippen molar-refractivity contribution in [2.24, 2.45) is 4.99 Å². The number of aromatic nitrogens is 1. The second kappa shape index (κ2) is 9.56. The van der Waals surface area contributed by atoms with Crippen molar-refractivity contribution in [2.45, 2.75) is 30.3 Å². The zero-order valence-corrected chi connectivity index (χ0v) is 21.1. The highest BCUT2D eigenvalue weighted by Gasteiger charge is 2.39. The van der Waals surface area contributed by atoms with Crippen LogP contribution in [0.25, 0.3) is 10.2 Å². The van der Waals surface area contributed by atoms with Crippen LogP contribution in [0.1, 0.15) is 12.8 Å². The molecule has 1 amide bonds. The van der Waals surface area contributed by atoms with E-state index in [4.69, 9.17) is 18.9 Å². The van der Waals surface area contributed by atoms with Crippen molar-refractivity contribution in [3.05, 3.63) is 41.2 Å². The van der Waals surface area contributed by atoms with Crippen molar-refractivity contribution in [1.82, 2.24) is 8.87 Å². The van der Waals surface area contributed by atoms with Crippen LogP contribution in [-0.2, 0) is 30.9 Å². The number of methoxy groups -OCH3 is 2. The summed E-state index contributed by atoms with van der Waals surface area (Å²) in [7, 11) is -1.16. The van der Waals surface area contributed by atoms with E-state index in [2.05, 4.69) is 4.99 Å². The summed E-state index contributed by atoms with van der Waals surface area (Å²) in [6.45, 7) is 0.122. The van der Waals surface area contributed by atoms with E-state index in [1.54, 1.807) is 28.8 Å². The molecule has 2 aromatic carbocycles. The fourth-order valence-electron chi connectivity index (χ4n) is 4.22. The third-order valence-electron chi connectivity index (χ3n) is 6.05. The van der Waals surface area contributed by atoms with Crippen LogP contribution >= 0.6 is 11.3 Å². The molecule has 0 aliphatic carbocycles. The topological polar surface area (TPSA) is 126 Å².